The van der Waals surface area contributed by atoms with E-state index in [9.17, 15) is 9.59 Å². The quantitative estimate of drug-likeness (QED) is 0.885. The number of nitrogens with zero attached hydrogens (tertiary/aromatic N) is 3. The standard InChI is InChI=1S/C13H19BrN4O2/c1-9(19)15-6-10-4-3-5-18(8-10)11-7-16-17(2)13(20)12(11)14/h7,10H,3-6,8H2,1-2H3,(H,15,19). The molecule has 1 aromatic heterocycles. The molecule has 1 amide bonds. The Hall–Kier alpha value is -1.37. The second kappa shape index (κ2) is 6.39. The molecule has 0 radical (unpaired) electrons. The van der Waals surface area contributed by atoms with Crippen LogP contribution in [-0.4, -0.2) is 35.3 Å². The van der Waals surface area contributed by atoms with Crippen LogP contribution in [0.4, 0.5) is 5.69 Å². The van der Waals surface area contributed by atoms with Crippen molar-refractivity contribution in [1.82, 2.24) is 15.1 Å². The van der Waals surface area contributed by atoms with Crippen molar-refractivity contribution < 1.29 is 4.79 Å². The summed E-state index contributed by atoms with van der Waals surface area (Å²) in [5, 5.41) is 6.94. The molecule has 1 saturated heterocycles. The van der Waals surface area contributed by atoms with Gasteiger partial charge in [0.1, 0.15) is 4.47 Å². The molecule has 1 N–H and O–H groups in total. The lowest BCUT2D eigenvalue weighted by molar-refractivity contribution is -0.119. The molecule has 0 aliphatic carbocycles. The van der Waals surface area contributed by atoms with Crippen molar-refractivity contribution in [3.63, 3.8) is 0 Å². The second-order valence-corrected chi connectivity index (χ2v) is 5.96. The summed E-state index contributed by atoms with van der Waals surface area (Å²) in [4.78, 5) is 25.0. The number of carbonyl (C=O) groups is 1. The Bertz CT molecular complexity index is 558. The monoisotopic (exact) mass is 342 g/mol. The summed E-state index contributed by atoms with van der Waals surface area (Å²) < 4.78 is 1.86. The van der Waals surface area contributed by atoms with Gasteiger partial charge in [-0.1, -0.05) is 0 Å². The lowest BCUT2D eigenvalue weighted by Gasteiger charge is -2.34. The van der Waals surface area contributed by atoms with Crippen LogP contribution in [0.25, 0.3) is 0 Å². The first-order valence-corrected chi connectivity index (χ1v) is 7.49. The minimum absolute atomic E-state index is 0.00134. The molecule has 20 heavy (non-hydrogen) atoms. The number of amides is 1. The molecule has 0 spiro atoms. The molecular weight excluding hydrogens is 324 g/mol. The lowest BCUT2D eigenvalue weighted by Crippen LogP contribution is -2.41. The van der Waals surface area contributed by atoms with Crippen LogP contribution >= 0.6 is 15.9 Å². The number of halogens is 1. The van der Waals surface area contributed by atoms with Gasteiger partial charge in [-0.05, 0) is 34.7 Å². The number of hydrogen-bond acceptors (Lipinski definition) is 4. The minimum atomic E-state index is -0.133. The fourth-order valence-electron chi connectivity index (χ4n) is 2.46. The van der Waals surface area contributed by atoms with Crippen molar-refractivity contribution in [2.75, 3.05) is 24.5 Å². The molecule has 2 heterocycles. The van der Waals surface area contributed by atoms with E-state index in [1.165, 1.54) is 11.6 Å². The highest BCUT2D eigenvalue weighted by atomic mass is 79.9. The molecular formula is C13H19BrN4O2. The Morgan fingerprint density at radius 1 is 1.60 bits per heavy atom. The highest BCUT2D eigenvalue weighted by Gasteiger charge is 2.23. The summed E-state index contributed by atoms with van der Waals surface area (Å²) in [7, 11) is 1.63. The summed E-state index contributed by atoms with van der Waals surface area (Å²) in [6.07, 6.45) is 3.85. The van der Waals surface area contributed by atoms with Gasteiger partial charge in [0, 0.05) is 33.6 Å². The average Bonchev–Trinajstić information content (AvgIpc) is 2.43. The Morgan fingerprint density at radius 2 is 2.35 bits per heavy atom. The van der Waals surface area contributed by atoms with Crippen LogP contribution in [0.5, 0.6) is 0 Å². The fraction of sp³-hybridized carbons (Fsp3) is 0.615. The van der Waals surface area contributed by atoms with Gasteiger partial charge in [-0.15, -0.1) is 0 Å². The number of hydrogen-bond donors (Lipinski definition) is 1. The number of aromatic nitrogens is 2. The normalized spacial score (nSPS) is 18.9. The molecule has 1 aliphatic rings. The highest BCUT2D eigenvalue weighted by Crippen LogP contribution is 2.26. The minimum Gasteiger partial charge on any atom is -0.369 e. The van der Waals surface area contributed by atoms with Crippen molar-refractivity contribution in [1.29, 1.82) is 0 Å². The van der Waals surface area contributed by atoms with Crippen LogP contribution in [0.15, 0.2) is 15.5 Å². The van der Waals surface area contributed by atoms with E-state index in [0.717, 1.165) is 31.6 Å². The number of anilines is 1. The molecule has 110 valence electrons. The van der Waals surface area contributed by atoms with E-state index < -0.39 is 0 Å². The van der Waals surface area contributed by atoms with Crippen molar-refractivity contribution in [2.24, 2.45) is 13.0 Å². The van der Waals surface area contributed by atoms with Crippen LogP contribution in [0.3, 0.4) is 0 Å². The second-order valence-electron chi connectivity index (χ2n) is 5.16. The zero-order valence-electron chi connectivity index (χ0n) is 11.7. The predicted molar refractivity (Wildman–Crippen MR) is 80.8 cm³/mol. The van der Waals surface area contributed by atoms with E-state index in [1.54, 1.807) is 13.2 Å². The van der Waals surface area contributed by atoms with Gasteiger partial charge < -0.3 is 10.2 Å². The predicted octanol–water partition coefficient (Wildman–Crippen LogP) is 0.895. The van der Waals surface area contributed by atoms with Gasteiger partial charge in [-0.2, -0.15) is 5.10 Å². The van der Waals surface area contributed by atoms with Crippen molar-refractivity contribution >= 4 is 27.5 Å². The third kappa shape index (κ3) is 3.39. The maximum Gasteiger partial charge on any atom is 0.282 e. The molecule has 6 nitrogen and oxygen atoms in total. The van der Waals surface area contributed by atoms with Gasteiger partial charge in [-0.3, -0.25) is 9.59 Å². The maximum absolute atomic E-state index is 11.9. The van der Waals surface area contributed by atoms with Gasteiger partial charge in [0.25, 0.3) is 5.56 Å². The van der Waals surface area contributed by atoms with Crippen molar-refractivity contribution in [3.8, 4) is 0 Å². The number of aryl methyl sites for hydroxylation is 1. The van der Waals surface area contributed by atoms with E-state index in [1.807, 2.05) is 0 Å². The van der Waals surface area contributed by atoms with Gasteiger partial charge in [0.05, 0.1) is 11.9 Å². The van der Waals surface area contributed by atoms with Crippen LogP contribution in [0.1, 0.15) is 19.8 Å². The summed E-state index contributed by atoms with van der Waals surface area (Å²) in [6.45, 7) is 3.95. The number of rotatable bonds is 3. The summed E-state index contributed by atoms with van der Waals surface area (Å²) in [6, 6.07) is 0. The first kappa shape index (κ1) is 15.0. The van der Waals surface area contributed by atoms with Gasteiger partial charge >= 0.3 is 0 Å². The van der Waals surface area contributed by atoms with Crippen LogP contribution in [-0.2, 0) is 11.8 Å². The smallest absolute Gasteiger partial charge is 0.282 e. The Labute approximate surface area is 126 Å². The molecule has 7 heteroatoms. The average molecular weight is 343 g/mol. The van der Waals surface area contributed by atoms with E-state index >= 15 is 0 Å². The van der Waals surface area contributed by atoms with E-state index in [2.05, 4.69) is 31.2 Å². The third-order valence-electron chi connectivity index (χ3n) is 3.56. The molecule has 1 unspecified atom stereocenters. The van der Waals surface area contributed by atoms with Gasteiger partial charge in [-0.25, -0.2) is 4.68 Å². The largest absolute Gasteiger partial charge is 0.369 e. The zero-order valence-corrected chi connectivity index (χ0v) is 13.3. The summed E-state index contributed by atoms with van der Waals surface area (Å²) >= 11 is 3.36. The van der Waals surface area contributed by atoms with Crippen molar-refractivity contribution in [3.05, 3.63) is 21.0 Å². The molecule has 0 bridgehead atoms. The van der Waals surface area contributed by atoms with Crippen molar-refractivity contribution in [2.45, 2.75) is 19.8 Å². The lowest BCUT2D eigenvalue weighted by atomic mass is 9.97. The molecule has 0 aromatic carbocycles. The Balaban J connectivity index is 2.11. The fourth-order valence-corrected chi connectivity index (χ4v) is 3.07. The zero-order chi connectivity index (χ0) is 14.7. The summed E-state index contributed by atoms with van der Waals surface area (Å²) in [5.41, 5.74) is 0.701. The SMILES string of the molecule is CC(=O)NCC1CCCN(c2cnn(C)c(=O)c2Br)C1. The van der Waals surface area contributed by atoms with Gasteiger partial charge in [0.2, 0.25) is 5.91 Å². The van der Waals surface area contributed by atoms with Crippen LogP contribution < -0.4 is 15.8 Å². The molecule has 2 rings (SSSR count). The van der Waals surface area contributed by atoms with Crippen LogP contribution in [0, 0.1) is 5.92 Å². The molecule has 1 atom stereocenters. The first-order valence-electron chi connectivity index (χ1n) is 6.70. The van der Waals surface area contributed by atoms with E-state index in [-0.39, 0.29) is 11.5 Å². The van der Waals surface area contributed by atoms with Crippen LogP contribution in [0.2, 0.25) is 0 Å². The summed E-state index contributed by atoms with van der Waals surface area (Å²) in [5.74, 6) is 0.405. The molecule has 1 aliphatic heterocycles. The van der Waals surface area contributed by atoms with E-state index in [0.29, 0.717) is 16.9 Å². The number of nitrogens with one attached hydrogen (secondary N) is 1. The maximum atomic E-state index is 11.9. The first-order chi connectivity index (χ1) is 9.49. The third-order valence-corrected chi connectivity index (χ3v) is 4.30. The Kier molecular flexibility index (Phi) is 4.80. The number of piperidine rings is 1. The molecule has 0 saturated carbocycles. The topological polar surface area (TPSA) is 67.2 Å². The number of carbonyl (C=O) groups excluding carboxylic acids is 1. The Morgan fingerprint density at radius 3 is 3.05 bits per heavy atom. The van der Waals surface area contributed by atoms with Gasteiger partial charge in [0.15, 0.2) is 0 Å². The molecule has 1 aromatic rings. The highest BCUT2D eigenvalue weighted by molar-refractivity contribution is 9.10. The molecule has 1 fully saturated rings. The van der Waals surface area contributed by atoms with E-state index in [4.69, 9.17) is 0 Å².